The van der Waals surface area contributed by atoms with Gasteiger partial charge in [0.2, 0.25) is 5.88 Å². The molecule has 0 aliphatic rings. The van der Waals surface area contributed by atoms with E-state index in [1.54, 1.807) is 6.20 Å². The van der Waals surface area contributed by atoms with Gasteiger partial charge < -0.3 is 15.6 Å². The molecule has 1 unspecified atom stereocenters. The van der Waals surface area contributed by atoms with E-state index < -0.39 is 6.10 Å². The zero-order valence-electron chi connectivity index (χ0n) is 8.84. The highest BCUT2D eigenvalue weighted by atomic mass is 16.5. The number of aliphatic hydroxyl groups is 1. The summed E-state index contributed by atoms with van der Waals surface area (Å²) in [6.07, 6.45) is 1.03. The number of benzene rings is 1. The number of hydrogen-bond acceptors (Lipinski definition) is 4. The van der Waals surface area contributed by atoms with Crippen LogP contribution in [0, 0.1) is 0 Å². The second kappa shape index (κ2) is 4.92. The summed E-state index contributed by atoms with van der Waals surface area (Å²) in [5.74, 6) is 0.533. The molecule has 0 spiro atoms. The number of fused-ring (bicyclic) bond motifs is 1. The molecule has 1 aromatic heterocycles. The monoisotopic (exact) mass is 218 g/mol. The summed E-state index contributed by atoms with van der Waals surface area (Å²) >= 11 is 0. The number of nitrogens with two attached hydrogens (primary N) is 1. The Balaban J connectivity index is 2.23. The summed E-state index contributed by atoms with van der Waals surface area (Å²) in [5, 5.41) is 11.3. The molecular formula is C12H14N2O2. The lowest BCUT2D eigenvalue weighted by atomic mass is 10.2. The van der Waals surface area contributed by atoms with Gasteiger partial charge in [-0.25, -0.2) is 4.98 Å². The van der Waals surface area contributed by atoms with E-state index >= 15 is 0 Å². The van der Waals surface area contributed by atoms with E-state index in [1.807, 2.05) is 30.3 Å². The highest BCUT2D eigenvalue weighted by Crippen LogP contribution is 2.22. The van der Waals surface area contributed by atoms with Crippen LogP contribution in [-0.4, -0.2) is 29.3 Å². The smallest absolute Gasteiger partial charge is 0.221 e. The topological polar surface area (TPSA) is 68.4 Å². The van der Waals surface area contributed by atoms with Crippen molar-refractivity contribution in [3.8, 4) is 5.88 Å². The van der Waals surface area contributed by atoms with Crippen LogP contribution in [-0.2, 0) is 0 Å². The van der Waals surface area contributed by atoms with E-state index in [9.17, 15) is 5.11 Å². The third-order valence-electron chi connectivity index (χ3n) is 2.32. The fraction of sp³-hybridized carbons (Fsp3) is 0.250. The predicted octanol–water partition coefficient (Wildman–Crippen LogP) is 0.933. The third-order valence-corrected chi connectivity index (χ3v) is 2.32. The molecule has 84 valence electrons. The molecule has 0 amide bonds. The minimum Gasteiger partial charge on any atom is -0.474 e. The summed E-state index contributed by atoms with van der Waals surface area (Å²) in [4.78, 5) is 4.14. The SMILES string of the molecule is NCC(O)COc1nccc2ccccc12. The van der Waals surface area contributed by atoms with Crippen LogP contribution in [0.1, 0.15) is 0 Å². The first-order valence-electron chi connectivity index (χ1n) is 5.16. The minimum absolute atomic E-state index is 0.164. The molecule has 16 heavy (non-hydrogen) atoms. The van der Waals surface area contributed by atoms with Crippen molar-refractivity contribution in [2.24, 2.45) is 5.73 Å². The van der Waals surface area contributed by atoms with Crippen LogP contribution in [0.3, 0.4) is 0 Å². The minimum atomic E-state index is -0.652. The molecule has 4 heteroatoms. The van der Waals surface area contributed by atoms with Crippen molar-refractivity contribution in [1.82, 2.24) is 4.98 Å². The van der Waals surface area contributed by atoms with Gasteiger partial charge in [0, 0.05) is 18.1 Å². The van der Waals surface area contributed by atoms with Crippen LogP contribution in [0.2, 0.25) is 0 Å². The van der Waals surface area contributed by atoms with E-state index in [0.29, 0.717) is 5.88 Å². The molecule has 2 rings (SSSR count). The number of aliphatic hydroxyl groups excluding tert-OH is 1. The average molecular weight is 218 g/mol. The Hall–Kier alpha value is -1.65. The first-order valence-corrected chi connectivity index (χ1v) is 5.16. The number of aromatic nitrogens is 1. The normalized spacial score (nSPS) is 12.6. The van der Waals surface area contributed by atoms with Crippen LogP contribution in [0.15, 0.2) is 36.5 Å². The van der Waals surface area contributed by atoms with Gasteiger partial charge in [-0.3, -0.25) is 0 Å². The zero-order valence-corrected chi connectivity index (χ0v) is 8.84. The predicted molar refractivity (Wildman–Crippen MR) is 62.3 cm³/mol. The summed E-state index contributed by atoms with van der Waals surface area (Å²) in [6, 6.07) is 9.73. The van der Waals surface area contributed by atoms with Gasteiger partial charge >= 0.3 is 0 Å². The van der Waals surface area contributed by atoms with Gasteiger partial charge in [-0.1, -0.05) is 18.2 Å². The first-order chi connectivity index (χ1) is 7.81. The number of pyridine rings is 1. The molecule has 1 atom stereocenters. The molecule has 3 N–H and O–H groups in total. The van der Waals surface area contributed by atoms with Gasteiger partial charge in [0.1, 0.15) is 12.7 Å². The molecule has 1 aromatic carbocycles. The Morgan fingerprint density at radius 2 is 2.12 bits per heavy atom. The lowest BCUT2D eigenvalue weighted by Crippen LogP contribution is -2.26. The average Bonchev–Trinajstić information content (AvgIpc) is 2.35. The van der Waals surface area contributed by atoms with Crippen molar-refractivity contribution in [3.05, 3.63) is 36.5 Å². The molecule has 2 aromatic rings. The van der Waals surface area contributed by atoms with Gasteiger partial charge in [0.25, 0.3) is 0 Å². The van der Waals surface area contributed by atoms with Crippen LogP contribution in [0.5, 0.6) is 5.88 Å². The number of nitrogens with zero attached hydrogens (tertiary/aromatic N) is 1. The lowest BCUT2D eigenvalue weighted by molar-refractivity contribution is 0.112. The molecule has 4 nitrogen and oxygen atoms in total. The van der Waals surface area contributed by atoms with E-state index in [-0.39, 0.29) is 13.2 Å². The van der Waals surface area contributed by atoms with Gasteiger partial charge in [0.15, 0.2) is 0 Å². The summed E-state index contributed by atoms with van der Waals surface area (Å²) in [5.41, 5.74) is 5.30. The number of hydrogen-bond donors (Lipinski definition) is 2. The zero-order chi connectivity index (χ0) is 11.4. The van der Waals surface area contributed by atoms with Crippen LogP contribution >= 0.6 is 0 Å². The molecule has 0 bridgehead atoms. The molecular weight excluding hydrogens is 204 g/mol. The van der Waals surface area contributed by atoms with Crippen molar-refractivity contribution >= 4 is 10.8 Å². The molecule has 0 saturated heterocycles. The highest BCUT2D eigenvalue weighted by Gasteiger charge is 2.06. The van der Waals surface area contributed by atoms with Gasteiger partial charge in [0.05, 0.1) is 0 Å². The summed E-state index contributed by atoms with van der Waals surface area (Å²) < 4.78 is 5.43. The van der Waals surface area contributed by atoms with Gasteiger partial charge in [-0.2, -0.15) is 0 Å². The standard InChI is InChI=1S/C12H14N2O2/c13-7-10(15)8-16-12-11-4-2-1-3-9(11)5-6-14-12/h1-6,10,15H,7-8,13H2. The highest BCUT2D eigenvalue weighted by molar-refractivity contribution is 5.86. The largest absolute Gasteiger partial charge is 0.474 e. The Morgan fingerprint density at radius 1 is 1.31 bits per heavy atom. The quantitative estimate of drug-likeness (QED) is 0.801. The van der Waals surface area contributed by atoms with Crippen LogP contribution < -0.4 is 10.5 Å². The maximum Gasteiger partial charge on any atom is 0.221 e. The Labute approximate surface area is 93.7 Å². The van der Waals surface area contributed by atoms with Crippen LogP contribution in [0.25, 0.3) is 10.8 Å². The van der Waals surface area contributed by atoms with Crippen molar-refractivity contribution < 1.29 is 9.84 Å². The lowest BCUT2D eigenvalue weighted by Gasteiger charge is -2.10. The first kappa shape index (κ1) is 10.9. The Bertz CT molecular complexity index is 468. The molecule has 0 aliphatic heterocycles. The Kier molecular flexibility index (Phi) is 3.34. The second-order valence-electron chi connectivity index (χ2n) is 3.54. The summed E-state index contributed by atoms with van der Waals surface area (Å²) in [7, 11) is 0. The van der Waals surface area contributed by atoms with E-state index in [4.69, 9.17) is 10.5 Å². The molecule has 0 radical (unpaired) electrons. The maximum absolute atomic E-state index is 9.31. The van der Waals surface area contributed by atoms with Gasteiger partial charge in [-0.15, -0.1) is 0 Å². The molecule has 0 aliphatic carbocycles. The van der Waals surface area contributed by atoms with E-state index in [2.05, 4.69) is 4.98 Å². The fourth-order valence-electron chi connectivity index (χ4n) is 1.45. The second-order valence-corrected chi connectivity index (χ2v) is 3.54. The van der Waals surface area contributed by atoms with Crippen molar-refractivity contribution in [2.75, 3.05) is 13.2 Å². The number of ether oxygens (including phenoxy) is 1. The molecule has 0 fully saturated rings. The van der Waals surface area contributed by atoms with Crippen molar-refractivity contribution in [1.29, 1.82) is 0 Å². The van der Waals surface area contributed by atoms with Crippen molar-refractivity contribution in [2.45, 2.75) is 6.10 Å². The third kappa shape index (κ3) is 2.29. The van der Waals surface area contributed by atoms with E-state index in [1.165, 1.54) is 0 Å². The van der Waals surface area contributed by atoms with E-state index in [0.717, 1.165) is 10.8 Å². The van der Waals surface area contributed by atoms with Crippen molar-refractivity contribution in [3.63, 3.8) is 0 Å². The Morgan fingerprint density at radius 3 is 2.94 bits per heavy atom. The maximum atomic E-state index is 9.31. The molecule has 1 heterocycles. The summed E-state index contributed by atoms with van der Waals surface area (Å²) in [6.45, 7) is 0.349. The van der Waals surface area contributed by atoms with Crippen LogP contribution in [0.4, 0.5) is 0 Å². The number of rotatable bonds is 4. The molecule has 0 saturated carbocycles. The fourth-order valence-corrected chi connectivity index (χ4v) is 1.45. The van der Waals surface area contributed by atoms with Gasteiger partial charge in [-0.05, 0) is 17.5 Å².